The first-order valence-electron chi connectivity index (χ1n) is 7.39. The summed E-state index contributed by atoms with van der Waals surface area (Å²) in [6, 6.07) is 3.58. The van der Waals surface area contributed by atoms with Gasteiger partial charge in [-0.1, -0.05) is 6.92 Å². The Bertz CT molecular complexity index is 729. The van der Waals surface area contributed by atoms with E-state index in [2.05, 4.69) is 6.92 Å². The van der Waals surface area contributed by atoms with E-state index in [9.17, 15) is 9.59 Å². The van der Waals surface area contributed by atoms with E-state index in [-0.39, 0.29) is 5.91 Å². The first-order chi connectivity index (χ1) is 10.9. The molecule has 0 atom stereocenters. The SMILES string of the molecule is CCc1cc(C(=O)N(C)Cc2cc(C(=O)OC)c(C)o2)sc1C. The molecular formula is C17H21NO4S. The van der Waals surface area contributed by atoms with Gasteiger partial charge in [0, 0.05) is 11.9 Å². The second kappa shape index (κ2) is 7.00. The summed E-state index contributed by atoms with van der Waals surface area (Å²) in [5.41, 5.74) is 1.59. The molecule has 0 saturated heterocycles. The van der Waals surface area contributed by atoms with Crippen LogP contribution in [0, 0.1) is 13.8 Å². The van der Waals surface area contributed by atoms with Gasteiger partial charge in [0.05, 0.1) is 18.5 Å². The molecule has 0 aromatic carbocycles. The molecule has 0 N–H and O–H groups in total. The fourth-order valence-corrected chi connectivity index (χ4v) is 3.51. The monoisotopic (exact) mass is 335 g/mol. The quantitative estimate of drug-likeness (QED) is 0.784. The van der Waals surface area contributed by atoms with E-state index in [1.165, 1.54) is 28.9 Å². The molecule has 2 rings (SSSR count). The summed E-state index contributed by atoms with van der Waals surface area (Å²) >= 11 is 1.51. The Morgan fingerprint density at radius 3 is 2.57 bits per heavy atom. The van der Waals surface area contributed by atoms with Crippen LogP contribution >= 0.6 is 11.3 Å². The van der Waals surface area contributed by atoms with Crippen LogP contribution in [0.25, 0.3) is 0 Å². The molecule has 0 fully saturated rings. The Morgan fingerprint density at radius 2 is 2.00 bits per heavy atom. The average molecular weight is 335 g/mol. The van der Waals surface area contributed by atoms with Crippen molar-refractivity contribution in [1.29, 1.82) is 0 Å². The smallest absolute Gasteiger partial charge is 0.341 e. The van der Waals surface area contributed by atoms with Crippen LogP contribution in [0.15, 0.2) is 16.5 Å². The van der Waals surface area contributed by atoms with Gasteiger partial charge in [-0.15, -0.1) is 11.3 Å². The van der Waals surface area contributed by atoms with Gasteiger partial charge in [0.2, 0.25) is 0 Å². The largest absolute Gasteiger partial charge is 0.465 e. The van der Waals surface area contributed by atoms with Crippen molar-refractivity contribution in [2.45, 2.75) is 33.7 Å². The Kier molecular flexibility index (Phi) is 5.26. The minimum atomic E-state index is -0.437. The van der Waals surface area contributed by atoms with Crippen LogP contribution in [0.1, 0.15) is 48.9 Å². The first-order valence-corrected chi connectivity index (χ1v) is 8.21. The highest BCUT2D eigenvalue weighted by Crippen LogP contribution is 2.24. The topological polar surface area (TPSA) is 59.8 Å². The number of thiophene rings is 1. The summed E-state index contributed by atoms with van der Waals surface area (Å²) in [4.78, 5) is 27.6. The van der Waals surface area contributed by atoms with E-state index >= 15 is 0 Å². The zero-order valence-electron chi connectivity index (χ0n) is 14.1. The van der Waals surface area contributed by atoms with Crippen molar-refractivity contribution >= 4 is 23.2 Å². The minimum Gasteiger partial charge on any atom is -0.465 e. The van der Waals surface area contributed by atoms with Crippen LogP contribution < -0.4 is 0 Å². The van der Waals surface area contributed by atoms with Crippen LogP contribution in [-0.2, 0) is 17.7 Å². The number of methoxy groups -OCH3 is 1. The number of hydrogen-bond acceptors (Lipinski definition) is 5. The van der Waals surface area contributed by atoms with Crippen LogP contribution in [0.4, 0.5) is 0 Å². The van der Waals surface area contributed by atoms with Gasteiger partial charge in [-0.25, -0.2) is 4.79 Å². The summed E-state index contributed by atoms with van der Waals surface area (Å²) < 4.78 is 10.3. The van der Waals surface area contributed by atoms with Gasteiger partial charge < -0.3 is 14.1 Å². The molecule has 2 aromatic heterocycles. The van der Waals surface area contributed by atoms with Gasteiger partial charge in [0.15, 0.2) is 0 Å². The molecule has 0 bridgehead atoms. The summed E-state index contributed by atoms with van der Waals surface area (Å²) in [6.45, 7) is 6.11. The molecule has 0 radical (unpaired) electrons. The molecule has 0 saturated carbocycles. The Balaban J connectivity index is 2.13. The maximum atomic E-state index is 12.5. The predicted molar refractivity (Wildman–Crippen MR) is 89.0 cm³/mol. The standard InChI is InChI=1S/C17H21NO4S/c1-6-12-7-15(23-11(12)3)16(19)18(4)9-13-8-14(10(2)22-13)17(20)21-5/h7-8H,6,9H2,1-5H3. The number of amides is 1. The molecule has 5 nitrogen and oxygen atoms in total. The molecule has 23 heavy (non-hydrogen) atoms. The molecule has 0 aliphatic rings. The number of rotatable bonds is 5. The molecule has 0 spiro atoms. The van der Waals surface area contributed by atoms with Crippen LogP contribution in [0.5, 0.6) is 0 Å². The van der Waals surface area contributed by atoms with Crippen LogP contribution in [0.2, 0.25) is 0 Å². The molecular weight excluding hydrogens is 314 g/mol. The Labute approximate surface area is 139 Å². The number of esters is 1. The van der Waals surface area contributed by atoms with Gasteiger partial charge in [-0.2, -0.15) is 0 Å². The second-order valence-corrected chi connectivity index (χ2v) is 6.64. The molecule has 2 aromatic rings. The van der Waals surface area contributed by atoms with E-state index < -0.39 is 5.97 Å². The molecule has 0 unspecified atom stereocenters. The predicted octanol–water partition coefficient (Wildman–Crippen LogP) is 3.58. The number of ether oxygens (including phenoxy) is 1. The lowest BCUT2D eigenvalue weighted by Gasteiger charge is -2.14. The lowest BCUT2D eigenvalue weighted by Crippen LogP contribution is -2.25. The summed E-state index contributed by atoms with van der Waals surface area (Å²) in [7, 11) is 3.05. The number of aryl methyl sites for hydroxylation is 3. The van der Waals surface area contributed by atoms with E-state index in [0.29, 0.717) is 23.6 Å². The third-order valence-electron chi connectivity index (χ3n) is 3.73. The van der Waals surface area contributed by atoms with Gasteiger partial charge in [0.1, 0.15) is 17.1 Å². The minimum absolute atomic E-state index is 0.0496. The highest BCUT2D eigenvalue weighted by Gasteiger charge is 2.20. The van der Waals surface area contributed by atoms with E-state index in [1.54, 1.807) is 24.9 Å². The number of hydrogen-bond donors (Lipinski definition) is 0. The first kappa shape index (κ1) is 17.3. The third-order valence-corrected chi connectivity index (χ3v) is 4.81. The molecule has 0 aliphatic carbocycles. The van der Waals surface area contributed by atoms with Gasteiger partial charge in [-0.3, -0.25) is 4.79 Å². The number of carbonyl (C=O) groups is 2. The number of carbonyl (C=O) groups excluding carboxylic acids is 2. The zero-order chi connectivity index (χ0) is 17.1. The summed E-state index contributed by atoms with van der Waals surface area (Å²) in [5, 5.41) is 0. The summed E-state index contributed by atoms with van der Waals surface area (Å²) in [5.74, 6) is 0.565. The van der Waals surface area contributed by atoms with Crippen molar-refractivity contribution < 1.29 is 18.7 Å². The Morgan fingerprint density at radius 1 is 1.30 bits per heavy atom. The lowest BCUT2D eigenvalue weighted by molar-refractivity contribution is 0.0598. The van der Waals surface area contributed by atoms with Gasteiger partial charge in [0.25, 0.3) is 5.91 Å². The fraction of sp³-hybridized carbons (Fsp3) is 0.412. The highest BCUT2D eigenvalue weighted by molar-refractivity contribution is 7.14. The van der Waals surface area contributed by atoms with Crippen molar-refractivity contribution in [2.75, 3.05) is 14.2 Å². The van der Waals surface area contributed by atoms with Crippen LogP contribution in [0.3, 0.4) is 0 Å². The van der Waals surface area contributed by atoms with Gasteiger partial charge >= 0.3 is 5.97 Å². The molecule has 0 aliphatic heterocycles. The van der Waals surface area contributed by atoms with Crippen molar-refractivity contribution in [3.63, 3.8) is 0 Å². The summed E-state index contributed by atoms with van der Waals surface area (Å²) in [6.07, 6.45) is 0.916. The van der Waals surface area contributed by atoms with E-state index in [4.69, 9.17) is 9.15 Å². The van der Waals surface area contributed by atoms with Crippen molar-refractivity contribution in [3.8, 4) is 0 Å². The normalized spacial score (nSPS) is 10.7. The van der Waals surface area contributed by atoms with E-state index in [1.807, 2.05) is 13.0 Å². The van der Waals surface area contributed by atoms with Crippen LogP contribution in [-0.4, -0.2) is 30.9 Å². The molecule has 6 heteroatoms. The highest BCUT2D eigenvalue weighted by atomic mass is 32.1. The number of nitrogens with zero attached hydrogens (tertiary/aromatic N) is 1. The van der Waals surface area contributed by atoms with Crippen molar-refractivity contribution in [3.05, 3.63) is 44.5 Å². The maximum absolute atomic E-state index is 12.5. The zero-order valence-corrected chi connectivity index (χ0v) is 14.9. The number of furan rings is 1. The third kappa shape index (κ3) is 3.64. The maximum Gasteiger partial charge on any atom is 0.341 e. The van der Waals surface area contributed by atoms with E-state index in [0.717, 1.165) is 11.3 Å². The molecule has 2 heterocycles. The van der Waals surface area contributed by atoms with Crippen molar-refractivity contribution in [1.82, 2.24) is 4.90 Å². The average Bonchev–Trinajstić information content (AvgIpc) is 3.08. The van der Waals surface area contributed by atoms with Gasteiger partial charge in [-0.05, 0) is 38.0 Å². The lowest BCUT2D eigenvalue weighted by atomic mass is 10.2. The second-order valence-electron chi connectivity index (χ2n) is 5.38. The molecule has 1 amide bonds. The fourth-order valence-electron chi connectivity index (χ4n) is 2.40. The van der Waals surface area contributed by atoms with Crippen molar-refractivity contribution in [2.24, 2.45) is 0 Å². The molecule has 124 valence electrons. The Hall–Kier alpha value is -2.08.